The number of benzene rings is 2. The van der Waals surface area contributed by atoms with Gasteiger partial charge >= 0.3 is 5.97 Å². The van der Waals surface area contributed by atoms with Crippen molar-refractivity contribution >= 4 is 11.9 Å². The Morgan fingerprint density at radius 2 is 1.80 bits per heavy atom. The Bertz CT molecular complexity index is 772. The Balaban J connectivity index is 2.00. The van der Waals surface area contributed by atoms with Gasteiger partial charge in [-0.05, 0) is 31.0 Å². The molecular formula is C19H20N2O4. The average molecular weight is 340 g/mol. The van der Waals surface area contributed by atoms with Gasteiger partial charge in [0.2, 0.25) is 0 Å². The fourth-order valence-electron chi connectivity index (χ4n) is 3.03. The van der Waals surface area contributed by atoms with Crippen molar-refractivity contribution in [3.05, 3.63) is 65.7 Å². The van der Waals surface area contributed by atoms with Gasteiger partial charge in [-0.15, -0.1) is 0 Å². The minimum Gasteiger partial charge on any atom is -0.425 e. The van der Waals surface area contributed by atoms with Gasteiger partial charge in [-0.2, -0.15) is 0 Å². The molecule has 0 bridgehead atoms. The molecule has 0 saturated carbocycles. The van der Waals surface area contributed by atoms with Crippen LogP contribution in [0.25, 0.3) is 0 Å². The first-order valence-electron chi connectivity index (χ1n) is 8.16. The van der Waals surface area contributed by atoms with Gasteiger partial charge in [0.05, 0.1) is 0 Å². The summed E-state index contributed by atoms with van der Waals surface area (Å²) in [5.41, 5.74) is 3.87. The van der Waals surface area contributed by atoms with Crippen LogP contribution in [0.5, 0.6) is 5.75 Å². The van der Waals surface area contributed by atoms with Crippen LogP contribution in [0.1, 0.15) is 24.0 Å². The van der Waals surface area contributed by atoms with E-state index in [2.05, 4.69) is 5.32 Å². The molecule has 2 aromatic carbocycles. The van der Waals surface area contributed by atoms with E-state index in [0.29, 0.717) is 12.0 Å². The topological polar surface area (TPSA) is 102 Å². The normalized spacial score (nSPS) is 19.2. The van der Waals surface area contributed by atoms with Gasteiger partial charge in [-0.3, -0.25) is 4.79 Å². The number of aliphatic hydroxyl groups is 1. The lowest BCUT2D eigenvalue weighted by atomic mass is 9.85. The van der Waals surface area contributed by atoms with Crippen LogP contribution in [0, 0.1) is 0 Å². The second-order valence-electron chi connectivity index (χ2n) is 6.01. The van der Waals surface area contributed by atoms with Crippen molar-refractivity contribution in [2.45, 2.75) is 24.5 Å². The summed E-state index contributed by atoms with van der Waals surface area (Å²) in [7, 11) is 0. The largest absolute Gasteiger partial charge is 0.425 e. The first-order chi connectivity index (χ1) is 12.0. The van der Waals surface area contributed by atoms with E-state index in [4.69, 9.17) is 10.5 Å². The van der Waals surface area contributed by atoms with E-state index in [1.54, 1.807) is 48.5 Å². The molecule has 6 nitrogen and oxygen atoms in total. The zero-order valence-electron chi connectivity index (χ0n) is 13.6. The minimum absolute atomic E-state index is 0.117. The van der Waals surface area contributed by atoms with E-state index in [0.717, 1.165) is 13.0 Å². The quantitative estimate of drug-likeness (QED) is 0.558. The van der Waals surface area contributed by atoms with E-state index in [9.17, 15) is 14.7 Å². The summed E-state index contributed by atoms with van der Waals surface area (Å²) in [5.74, 6) is -1.27. The number of nitrogens with one attached hydrogen (secondary N) is 1. The SMILES string of the molecule is NC(=O)C(O)(c1ccccc1)c1ccccc1OC(=O)C1CCCN1. The number of rotatable bonds is 5. The number of carbonyl (C=O) groups is 2. The molecular weight excluding hydrogens is 320 g/mol. The zero-order valence-corrected chi connectivity index (χ0v) is 13.6. The molecule has 1 amide bonds. The maximum Gasteiger partial charge on any atom is 0.328 e. The van der Waals surface area contributed by atoms with Crippen LogP contribution in [0.2, 0.25) is 0 Å². The summed E-state index contributed by atoms with van der Waals surface area (Å²) in [6.07, 6.45) is 1.59. The standard InChI is InChI=1S/C19H20N2O4/c20-18(23)19(24,13-7-2-1-3-8-13)14-9-4-5-11-16(14)25-17(22)15-10-6-12-21-15/h1-5,7-9,11,15,21,24H,6,10,12H2,(H2,20,23). The van der Waals surface area contributed by atoms with E-state index < -0.39 is 17.5 Å². The van der Waals surface area contributed by atoms with Crippen LogP contribution in [0.3, 0.4) is 0 Å². The molecule has 0 aliphatic carbocycles. The Labute approximate surface area is 145 Å². The maximum absolute atomic E-state index is 12.3. The number of para-hydroxylation sites is 1. The Kier molecular flexibility index (Phi) is 4.83. The van der Waals surface area contributed by atoms with Gasteiger partial charge in [0.15, 0.2) is 5.60 Å². The summed E-state index contributed by atoms with van der Waals surface area (Å²) < 4.78 is 5.48. The average Bonchev–Trinajstić information content (AvgIpc) is 3.17. The van der Waals surface area contributed by atoms with Gasteiger partial charge < -0.3 is 20.9 Å². The molecule has 1 fully saturated rings. The number of primary amides is 1. The summed E-state index contributed by atoms with van der Waals surface area (Å²) in [5, 5.41) is 14.2. The molecule has 0 radical (unpaired) electrons. The summed E-state index contributed by atoms with van der Waals surface area (Å²) in [6, 6.07) is 14.4. The highest BCUT2D eigenvalue weighted by Gasteiger charge is 2.41. The molecule has 2 unspecified atom stereocenters. The maximum atomic E-state index is 12.3. The van der Waals surface area contributed by atoms with Crippen molar-refractivity contribution in [1.29, 1.82) is 0 Å². The molecule has 1 aliphatic rings. The fourth-order valence-corrected chi connectivity index (χ4v) is 3.03. The predicted octanol–water partition coefficient (Wildman–Crippen LogP) is 1.07. The molecule has 0 spiro atoms. The third-order valence-electron chi connectivity index (χ3n) is 4.38. The monoisotopic (exact) mass is 340 g/mol. The van der Waals surface area contributed by atoms with Crippen LogP contribution in [0.15, 0.2) is 54.6 Å². The molecule has 6 heteroatoms. The molecule has 1 saturated heterocycles. The molecule has 2 atom stereocenters. The van der Waals surface area contributed by atoms with Crippen LogP contribution in [0.4, 0.5) is 0 Å². The van der Waals surface area contributed by atoms with Gasteiger partial charge in [0, 0.05) is 5.56 Å². The Hall–Kier alpha value is -2.70. The highest BCUT2D eigenvalue weighted by atomic mass is 16.5. The zero-order chi connectivity index (χ0) is 17.9. The summed E-state index contributed by atoms with van der Waals surface area (Å²) >= 11 is 0. The third-order valence-corrected chi connectivity index (χ3v) is 4.38. The molecule has 1 aliphatic heterocycles. The van der Waals surface area contributed by atoms with Crippen LogP contribution in [-0.2, 0) is 15.2 Å². The van der Waals surface area contributed by atoms with Crippen molar-refractivity contribution in [3.63, 3.8) is 0 Å². The van der Waals surface area contributed by atoms with Gasteiger partial charge in [0.25, 0.3) is 5.91 Å². The van der Waals surface area contributed by atoms with Crippen molar-refractivity contribution in [2.24, 2.45) is 5.73 Å². The molecule has 1 heterocycles. The number of hydrogen-bond acceptors (Lipinski definition) is 5. The smallest absolute Gasteiger partial charge is 0.328 e. The Morgan fingerprint density at radius 3 is 2.44 bits per heavy atom. The van der Waals surface area contributed by atoms with Gasteiger partial charge in [0.1, 0.15) is 11.8 Å². The lowest BCUT2D eigenvalue weighted by molar-refractivity contribution is -0.138. The van der Waals surface area contributed by atoms with Crippen LogP contribution >= 0.6 is 0 Å². The Morgan fingerprint density at radius 1 is 1.12 bits per heavy atom. The fraction of sp³-hybridized carbons (Fsp3) is 0.263. The highest BCUT2D eigenvalue weighted by molar-refractivity contribution is 5.90. The molecule has 3 rings (SSSR count). The van der Waals surface area contributed by atoms with E-state index >= 15 is 0 Å². The highest BCUT2D eigenvalue weighted by Crippen LogP contribution is 2.35. The molecule has 25 heavy (non-hydrogen) atoms. The number of nitrogens with two attached hydrogens (primary N) is 1. The van der Waals surface area contributed by atoms with Crippen molar-refractivity contribution in [3.8, 4) is 5.75 Å². The number of carbonyl (C=O) groups excluding carboxylic acids is 2. The number of esters is 1. The third kappa shape index (κ3) is 3.26. The summed E-state index contributed by atoms with van der Waals surface area (Å²) in [6.45, 7) is 0.761. The first kappa shape index (κ1) is 17.1. The molecule has 130 valence electrons. The summed E-state index contributed by atoms with van der Waals surface area (Å²) in [4.78, 5) is 24.5. The van der Waals surface area contributed by atoms with Crippen molar-refractivity contribution in [1.82, 2.24) is 5.32 Å². The first-order valence-corrected chi connectivity index (χ1v) is 8.16. The second kappa shape index (κ2) is 7.04. The number of hydrogen-bond donors (Lipinski definition) is 3. The lowest BCUT2D eigenvalue weighted by Crippen LogP contribution is -2.43. The van der Waals surface area contributed by atoms with E-state index in [1.807, 2.05) is 0 Å². The van der Waals surface area contributed by atoms with Gasteiger partial charge in [-0.25, -0.2) is 4.79 Å². The molecule has 4 N–H and O–H groups in total. The minimum atomic E-state index is -2.10. The molecule has 0 aromatic heterocycles. The number of amides is 1. The van der Waals surface area contributed by atoms with E-state index in [-0.39, 0.29) is 17.4 Å². The lowest BCUT2D eigenvalue weighted by Gasteiger charge is -2.27. The van der Waals surface area contributed by atoms with Crippen molar-refractivity contribution in [2.75, 3.05) is 6.54 Å². The number of ether oxygens (including phenoxy) is 1. The molecule has 2 aromatic rings. The second-order valence-corrected chi connectivity index (χ2v) is 6.01. The van der Waals surface area contributed by atoms with Gasteiger partial charge in [-0.1, -0.05) is 48.5 Å². The van der Waals surface area contributed by atoms with Crippen LogP contribution < -0.4 is 15.8 Å². The van der Waals surface area contributed by atoms with E-state index in [1.165, 1.54) is 6.07 Å². The van der Waals surface area contributed by atoms with Crippen LogP contribution in [-0.4, -0.2) is 29.6 Å². The van der Waals surface area contributed by atoms with Crippen molar-refractivity contribution < 1.29 is 19.4 Å². The predicted molar refractivity (Wildman–Crippen MR) is 91.7 cm³/mol.